The van der Waals surface area contributed by atoms with Crippen LogP contribution in [0.15, 0.2) is 30.3 Å². The molecule has 1 aromatic rings. The molecule has 0 radical (unpaired) electrons. The third-order valence-corrected chi connectivity index (χ3v) is 4.69. The van der Waals surface area contributed by atoms with Gasteiger partial charge < -0.3 is 10.2 Å². The highest BCUT2D eigenvalue weighted by molar-refractivity contribution is 5.85. The maximum atomic E-state index is 12.3. The zero-order chi connectivity index (χ0) is 17.4. The number of rotatable bonds is 8. The van der Waals surface area contributed by atoms with E-state index in [1.165, 1.54) is 5.56 Å². The quantitative estimate of drug-likeness (QED) is 0.794. The number of benzene rings is 1. The lowest BCUT2D eigenvalue weighted by Crippen LogP contribution is -2.45. The van der Waals surface area contributed by atoms with Crippen molar-refractivity contribution in [1.82, 2.24) is 15.1 Å². The van der Waals surface area contributed by atoms with E-state index in [4.69, 9.17) is 0 Å². The number of nitrogens with zero attached hydrogens (tertiary/aromatic N) is 2. The molecule has 1 saturated heterocycles. The number of carbonyl (C=O) groups excluding carboxylic acids is 2. The van der Waals surface area contributed by atoms with E-state index in [1.54, 1.807) is 4.90 Å². The van der Waals surface area contributed by atoms with Gasteiger partial charge in [-0.15, -0.1) is 0 Å². The molecular weight excluding hydrogens is 302 g/mol. The van der Waals surface area contributed by atoms with Crippen LogP contribution in [0.25, 0.3) is 0 Å². The second-order valence-corrected chi connectivity index (χ2v) is 6.22. The molecule has 24 heavy (non-hydrogen) atoms. The lowest BCUT2D eigenvalue weighted by molar-refractivity contribution is -0.137. The van der Waals surface area contributed by atoms with Crippen LogP contribution >= 0.6 is 0 Å². The van der Waals surface area contributed by atoms with Crippen LogP contribution in [0.3, 0.4) is 0 Å². The van der Waals surface area contributed by atoms with Gasteiger partial charge in [-0.3, -0.25) is 14.5 Å². The van der Waals surface area contributed by atoms with Crippen LogP contribution in [0.5, 0.6) is 0 Å². The van der Waals surface area contributed by atoms with Crippen molar-refractivity contribution in [1.29, 1.82) is 0 Å². The molecular formula is C19H29N3O2. The Labute approximate surface area is 145 Å². The van der Waals surface area contributed by atoms with Gasteiger partial charge >= 0.3 is 0 Å². The number of likely N-dealkylation sites (tertiary alicyclic amines) is 1. The van der Waals surface area contributed by atoms with Crippen molar-refractivity contribution < 1.29 is 9.59 Å². The van der Waals surface area contributed by atoms with E-state index in [1.807, 2.05) is 18.2 Å². The third-order valence-electron chi connectivity index (χ3n) is 4.69. The monoisotopic (exact) mass is 331 g/mol. The molecule has 1 N–H and O–H groups in total. The molecule has 1 atom stereocenters. The number of piperidine rings is 1. The molecule has 0 spiro atoms. The largest absolute Gasteiger partial charge is 0.353 e. The fraction of sp³-hybridized carbons (Fsp3) is 0.579. The Morgan fingerprint density at radius 3 is 2.54 bits per heavy atom. The first-order chi connectivity index (χ1) is 11.7. The highest BCUT2D eigenvalue weighted by Gasteiger charge is 2.22. The van der Waals surface area contributed by atoms with Gasteiger partial charge in [0.2, 0.25) is 11.8 Å². The molecule has 132 valence electrons. The topological polar surface area (TPSA) is 52.7 Å². The average Bonchev–Trinajstić information content (AvgIpc) is 2.61. The summed E-state index contributed by atoms with van der Waals surface area (Å²) in [5.41, 5.74) is 1.20. The van der Waals surface area contributed by atoms with E-state index in [2.05, 4.69) is 36.2 Å². The summed E-state index contributed by atoms with van der Waals surface area (Å²) in [5.74, 6) is 0.0260. The summed E-state index contributed by atoms with van der Waals surface area (Å²) in [5, 5.41) is 3.02. The minimum Gasteiger partial charge on any atom is -0.353 e. The molecule has 1 fully saturated rings. The van der Waals surface area contributed by atoms with Gasteiger partial charge in [-0.1, -0.05) is 44.2 Å². The van der Waals surface area contributed by atoms with Crippen molar-refractivity contribution >= 4 is 11.8 Å². The molecule has 0 bridgehead atoms. The Hall–Kier alpha value is -1.88. The molecule has 0 aliphatic carbocycles. The van der Waals surface area contributed by atoms with Gasteiger partial charge in [0.05, 0.1) is 12.6 Å². The Bertz CT molecular complexity index is 529. The molecule has 0 aromatic heterocycles. The van der Waals surface area contributed by atoms with Crippen LogP contribution in [0, 0.1) is 0 Å². The van der Waals surface area contributed by atoms with Gasteiger partial charge in [-0.2, -0.15) is 0 Å². The lowest BCUT2D eigenvalue weighted by Gasteiger charge is -2.31. The van der Waals surface area contributed by atoms with E-state index >= 15 is 0 Å². The summed E-state index contributed by atoms with van der Waals surface area (Å²) in [7, 11) is 0. The van der Waals surface area contributed by atoms with Crippen LogP contribution in [-0.2, 0) is 9.59 Å². The number of hydrogen-bond acceptors (Lipinski definition) is 3. The molecule has 1 heterocycles. The maximum Gasteiger partial charge on any atom is 0.239 e. The molecule has 1 unspecified atom stereocenters. The predicted octanol–water partition coefficient (Wildman–Crippen LogP) is 2.20. The molecule has 5 heteroatoms. The van der Waals surface area contributed by atoms with Gasteiger partial charge in [-0.05, 0) is 31.5 Å². The van der Waals surface area contributed by atoms with Gasteiger partial charge in [0.1, 0.15) is 0 Å². The van der Waals surface area contributed by atoms with E-state index in [9.17, 15) is 9.59 Å². The van der Waals surface area contributed by atoms with Crippen LogP contribution < -0.4 is 5.32 Å². The highest BCUT2D eigenvalue weighted by Crippen LogP contribution is 2.19. The van der Waals surface area contributed by atoms with Crippen LogP contribution in [0.4, 0.5) is 0 Å². The van der Waals surface area contributed by atoms with Crippen molar-refractivity contribution in [3.63, 3.8) is 0 Å². The number of likely N-dealkylation sites (N-methyl/N-ethyl adjacent to an activating group) is 1. The maximum absolute atomic E-state index is 12.3. The number of nitrogens with one attached hydrogen (secondary N) is 1. The third kappa shape index (κ3) is 5.06. The van der Waals surface area contributed by atoms with Crippen molar-refractivity contribution in [3.8, 4) is 0 Å². The number of carbonyl (C=O) groups is 2. The molecule has 1 aromatic carbocycles. The summed E-state index contributed by atoms with van der Waals surface area (Å²) in [4.78, 5) is 28.1. The second-order valence-electron chi connectivity index (χ2n) is 6.22. The average molecular weight is 331 g/mol. The van der Waals surface area contributed by atoms with Gasteiger partial charge in [0.25, 0.3) is 0 Å². The molecule has 0 saturated carbocycles. The first-order valence-corrected chi connectivity index (χ1v) is 8.99. The minimum absolute atomic E-state index is 0.0710. The minimum atomic E-state index is -0.0710. The Morgan fingerprint density at radius 1 is 1.21 bits per heavy atom. The number of amides is 2. The SMILES string of the molecule is CCN(CC)C(CNC(=O)CN1CCCCC1=O)c1ccccc1. The van der Waals surface area contributed by atoms with Crippen LogP contribution in [-0.4, -0.2) is 54.3 Å². The fourth-order valence-corrected chi connectivity index (χ4v) is 3.27. The number of hydrogen-bond donors (Lipinski definition) is 1. The predicted molar refractivity (Wildman–Crippen MR) is 95.5 cm³/mol. The van der Waals surface area contributed by atoms with Crippen molar-refractivity contribution in [2.75, 3.05) is 32.7 Å². The van der Waals surface area contributed by atoms with E-state index in [-0.39, 0.29) is 24.4 Å². The van der Waals surface area contributed by atoms with Crippen molar-refractivity contribution in [2.24, 2.45) is 0 Å². The van der Waals surface area contributed by atoms with E-state index in [0.29, 0.717) is 19.5 Å². The smallest absolute Gasteiger partial charge is 0.239 e. The Kier molecular flexibility index (Phi) is 7.25. The molecule has 2 rings (SSSR count). The Balaban J connectivity index is 1.94. The molecule has 2 amide bonds. The van der Waals surface area contributed by atoms with Gasteiger partial charge in [0, 0.05) is 19.5 Å². The summed E-state index contributed by atoms with van der Waals surface area (Å²) in [6.07, 6.45) is 2.50. The second kappa shape index (κ2) is 9.42. The zero-order valence-electron chi connectivity index (χ0n) is 14.8. The standard InChI is InChI=1S/C19H29N3O2/c1-3-21(4-2)17(16-10-6-5-7-11-16)14-20-18(23)15-22-13-9-8-12-19(22)24/h5-7,10-11,17H,3-4,8-9,12-15H2,1-2H3,(H,20,23). The molecule has 1 aliphatic rings. The van der Waals surface area contributed by atoms with E-state index in [0.717, 1.165) is 25.9 Å². The summed E-state index contributed by atoms with van der Waals surface area (Å²) < 4.78 is 0. The molecule has 1 aliphatic heterocycles. The van der Waals surface area contributed by atoms with Crippen LogP contribution in [0.2, 0.25) is 0 Å². The lowest BCUT2D eigenvalue weighted by atomic mass is 10.1. The molecule has 5 nitrogen and oxygen atoms in total. The first-order valence-electron chi connectivity index (χ1n) is 8.99. The summed E-state index contributed by atoms with van der Waals surface area (Å²) in [6.45, 7) is 7.56. The summed E-state index contributed by atoms with van der Waals surface area (Å²) >= 11 is 0. The first kappa shape index (κ1) is 18.5. The highest BCUT2D eigenvalue weighted by atomic mass is 16.2. The Morgan fingerprint density at radius 2 is 1.92 bits per heavy atom. The van der Waals surface area contributed by atoms with Gasteiger partial charge in [0.15, 0.2) is 0 Å². The fourth-order valence-electron chi connectivity index (χ4n) is 3.27. The zero-order valence-corrected chi connectivity index (χ0v) is 14.8. The normalized spacial score (nSPS) is 16.3. The van der Waals surface area contributed by atoms with Crippen molar-refractivity contribution in [2.45, 2.75) is 39.2 Å². The van der Waals surface area contributed by atoms with Crippen molar-refractivity contribution in [3.05, 3.63) is 35.9 Å². The van der Waals surface area contributed by atoms with Crippen LogP contribution in [0.1, 0.15) is 44.7 Å². The van der Waals surface area contributed by atoms with E-state index < -0.39 is 0 Å². The van der Waals surface area contributed by atoms with Gasteiger partial charge in [-0.25, -0.2) is 0 Å². The summed E-state index contributed by atoms with van der Waals surface area (Å²) in [6, 6.07) is 10.4.